The van der Waals surface area contributed by atoms with Gasteiger partial charge in [0.1, 0.15) is 0 Å². The van der Waals surface area contributed by atoms with Crippen molar-refractivity contribution in [3.05, 3.63) is 22.4 Å². The lowest BCUT2D eigenvalue weighted by atomic mass is 10.2. The quantitative estimate of drug-likeness (QED) is 0.364. The van der Waals surface area contributed by atoms with Crippen LogP contribution in [0.5, 0.6) is 0 Å². The first-order valence-corrected chi connectivity index (χ1v) is 8.51. The van der Waals surface area contributed by atoms with Gasteiger partial charge in [-0.2, -0.15) is 13.2 Å². The molecule has 144 valence electrons. The third-order valence-corrected chi connectivity index (χ3v) is 4.49. The van der Waals surface area contributed by atoms with Gasteiger partial charge in [0, 0.05) is 56.6 Å². The average Bonchev–Trinajstić information content (AvgIpc) is 3.00. The number of hydrogen-bond donors (Lipinski definition) is 1. The van der Waals surface area contributed by atoms with Crippen LogP contribution in [0.4, 0.5) is 13.2 Å². The van der Waals surface area contributed by atoms with Gasteiger partial charge >= 0.3 is 6.18 Å². The van der Waals surface area contributed by atoms with E-state index in [0.717, 1.165) is 10.2 Å². The van der Waals surface area contributed by atoms with Gasteiger partial charge in [0.05, 0.1) is 13.1 Å². The topological polar surface area (TPSA) is 35.8 Å². The molecule has 0 radical (unpaired) electrons. The second kappa shape index (κ2) is 9.45. The highest BCUT2D eigenvalue weighted by Crippen LogP contribution is 2.20. The molecule has 0 aromatic carbocycles. The molecule has 1 aliphatic heterocycles. The van der Waals surface area contributed by atoms with Crippen molar-refractivity contribution in [3.8, 4) is 0 Å². The van der Waals surface area contributed by atoms with E-state index in [-0.39, 0.29) is 30.0 Å². The number of hydrogen-bond acceptors (Lipinski definition) is 2. The molecule has 1 aromatic heterocycles. The summed E-state index contributed by atoms with van der Waals surface area (Å²) < 4.78 is 40.5. The molecule has 0 spiro atoms. The number of aryl methyl sites for hydroxylation is 1. The van der Waals surface area contributed by atoms with Crippen LogP contribution in [0.3, 0.4) is 0 Å². The molecule has 10 heteroatoms. The van der Waals surface area contributed by atoms with Crippen molar-refractivity contribution in [1.82, 2.24) is 19.7 Å². The molecule has 1 atom stereocenters. The zero-order valence-electron chi connectivity index (χ0n) is 14.5. The first-order valence-electron chi connectivity index (χ1n) is 7.72. The molecule has 2 rings (SSSR count). The van der Waals surface area contributed by atoms with E-state index in [1.54, 1.807) is 7.05 Å². The molecule has 25 heavy (non-hydrogen) atoms. The van der Waals surface area contributed by atoms with Crippen LogP contribution < -0.4 is 5.32 Å². The van der Waals surface area contributed by atoms with Crippen LogP contribution in [0.25, 0.3) is 0 Å². The summed E-state index contributed by atoms with van der Waals surface area (Å²) in [5.41, 5.74) is 1.11. The van der Waals surface area contributed by atoms with Crippen molar-refractivity contribution in [2.24, 2.45) is 12.0 Å². The second-order valence-electron chi connectivity index (χ2n) is 6.14. The van der Waals surface area contributed by atoms with Gasteiger partial charge in [-0.3, -0.25) is 9.89 Å². The van der Waals surface area contributed by atoms with Gasteiger partial charge in [-0.05, 0) is 28.4 Å². The Morgan fingerprint density at radius 1 is 1.48 bits per heavy atom. The fourth-order valence-electron chi connectivity index (χ4n) is 2.92. The molecule has 5 nitrogen and oxygen atoms in total. The molecule has 1 saturated heterocycles. The number of likely N-dealkylation sites (tertiary alicyclic amines) is 1. The molecule has 0 saturated carbocycles. The number of nitrogens with one attached hydrogen (secondary N) is 1. The SMILES string of the molecule is CN=C(NC1CCN(CC(F)(F)F)C1)N(C)Cc1cc(Br)cn1C.I. The lowest BCUT2D eigenvalue weighted by Gasteiger charge is -2.25. The minimum Gasteiger partial charge on any atom is -0.352 e. The smallest absolute Gasteiger partial charge is 0.352 e. The Morgan fingerprint density at radius 2 is 2.16 bits per heavy atom. The van der Waals surface area contributed by atoms with E-state index in [9.17, 15) is 13.2 Å². The number of aromatic nitrogens is 1. The number of guanidine groups is 1. The van der Waals surface area contributed by atoms with Gasteiger partial charge in [0.15, 0.2) is 5.96 Å². The van der Waals surface area contributed by atoms with Gasteiger partial charge in [0.2, 0.25) is 0 Å². The van der Waals surface area contributed by atoms with Crippen LogP contribution in [0, 0.1) is 0 Å². The van der Waals surface area contributed by atoms with Gasteiger partial charge in [-0.25, -0.2) is 0 Å². The lowest BCUT2D eigenvalue weighted by Crippen LogP contribution is -2.45. The first kappa shape index (κ1) is 22.6. The van der Waals surface area contributed by atoms with Crippen molar-refractivity contribution in [3.63, 3.8) is 0 Å². The van der Waals surface area contributed by atoms with Crippen molar-refractivity contribution in [2.75, 3.05) is 33.7 Å². The highest BCUT2D eigenvalue weighted by Gasteiger charge is 2.34. The number of rotatable bonds is 4. The van der Waals surface area contributed by atoms with E-state index in [1.165, 1.54) is 4.90 Å². The van der Waals surface area contributed by atoms with E-state index >= 15 is 0 Å². The Morgan fingerprint density at radius 3 is 2.68 bits per heavy atom. The summed E-state index contributed by atoms with van der Waals surface area (Å²) >= 11 is 3.45. The van der Waals surface area contributed by atoms with Crippen LogP contribution in [-0.2, 0) is 13.6 Å². The molecular formula is C15H24BrF3IN5. The number of alkyl halides is 3. The molecule has 0 bridgehead atoms. The maximum atomic E-state index is 12.5. The molecule has 0 amide bonds. The largest absolute Gasteiger partial charge is 0.401 e. The average molecular weight is 538 g/mol. The summed E-state index contributed by atoms with van der Waals surface area (Å²) in [7, 11) is 5.57. The molecule has 1 aromatic rings. The third kappa shape index (κ3) is 6.97. The Bertz CT molecular complexity index is 590. The highest BCUT2D eigenvalue weighted by molar-refractivity contribution is 14.0. The minimum atomic E-state index is -4.15. The molecular weight excluding hydrogens is 514 g/mol. The van der Waals surface area contributed by atoms with Crippen molar-refractivity contribution >= 4 is 45.9 Å². The Balaban J connectivity index is 0.00000312. The van der Waals surface area contributed by atoms with E-state index in [4.69, 9.17) is 0 Å². The molecule has 1 aliphatic rings. The van der Waals surface area contributed by atoms with Gasteiger partial charge in [-0.15, -0.1) is 24.0 Å². The molecule has 1 unspecified atom stereocenters. The lowest BCUT2D eigenvalue weighted by molar-refractivity contribution is -0.143. The zero-order valence-corrected chi connectivity index (χ0v) is 18.4. The van der Waals surface area contributed by atoms with Crippen LogP contribution in [0.1, 0.15) is 12.1 Å². The summed E-state index contributed by atoms with van der Waals surface area (Å²) in [6.45, 7) is 0.627. The third-order valence-electron chi connectivity index (χ3n) is 4.06. The predicted octanol–water partition coefficient (Wildman–Crippen LogP) is 3.05. The van der Waals surface area contributed by atoms with Crippen LogP contribution in [0.2, 0.25) is 0 Å². The summed E-state index contributed by atoms with van der Waals surface area (Å²) in [6.07, 6.45) is -1.49. The number of aliphatic imine (C=N–C) groups is 1. The maximum absolute atomic E-state index is 12.5. The summed E-state index contributed by atoms with van der Waals surface area (Å²) in [5.74, 6) is 0.686. The van der Waals surface area contributed by atoms with Gasteiger partial charge in [-0.1, -0.05) is 0 Å². The van der Waals surface area contributed by atoms with Crippen molar-refractivity contribution < 1.29 is 13.2 Å². The van der Waals surface area contributed by atoms with Crippen LogP contribution >= 0.6 is 39.9 Å². The fourth-order valence-corrected chi connectivity index (χ4v) is 3.49. The minimum absolute atomic E-state index is 0. The van der Waals surface area contributed by atoms with E-state index in [0.29, 0.717) is 32.0 Å². The highest BCUT2D eigenvalue weighted by atomic mass is 127. The van der Waals surface area contributed by atoms with E-state index in [2.05, 4.69) is 26.2 Å². The normalized spacial score (nSPS) is 19.0. The number of halogens is 5. The van der Waals surface area contributed by atoms with Gasteiger partial charge in [0.25, 0.3) is 0 Å². The van der Waals surface area contributed by atoms with Gasteiger partial charge < -0.3 is 14.8 Å². The summed E-state index contributed by atoms with van der Waals surface area (Å²) in [6, 6.07) is 2.01. The summed E-state index contributed by atoms with van der Waals surface area (Å²) in [4.78, 5) is 7.65. The van der Waals surface area contributed by atoms with E-state index in [1.807, 2.05) is 35.8 Å². The fraction of sp³-hybridized carbons (Fsp3) is 0.667. The van der Waals surface area contributed by atoms with Crippen molar-refractivity contribution in [1.29, 1.82) is 0 Å². The standard InChI is InChI=1S/C15H23BrF3N5.HI/c1-20-14(23(3)9-13-6-11(16)7-22(13)2)21-12-4-5-24(8-12)10-15(17,18)19;/h6-7,12H,4-5,8-10H2,1-3H3,(H,20,21);1H. The monoisotopic (exact) mass is 537 g/mol. The molecule has 1 fully saturated rings. The predicted molar refractivity (Wildman–Crippen MR) is 107 cm³/mol. The second-order valence-corrected chi connectivity index (χ2v) is 7.06. The van der Waals surface area contributed by atoms with Crippen LogP contribution in [-0.4, -0.2) is 66.3 Å². The Hall–Kier alpha value is -0.490. The molecule has 0 aliphatic carbocycles. The maximum Gasteiger partial charge on any atom is 0.401 e. The Labute approximate surface area is 171 Å². The Kier molecular flexibility index (Phi) is 8.52. The first-order chi connectivity index (χ1) is 11.2. The van der Waals surface area contributed by atoms with E-state index < -0.39 is 12.7 Å². The molecule has 1 N–H and O–H groups in total. The van der Waals surface area contributed by atoms with Crippen LogP contribution in [0.15, 0.2) is 21.7 Å². The molecule has 2 heterocycles. The zero-order chi connectivity index (χ0) is 17.9. The van der Waals surface area contributed by atoms with Crippen molar-refractivity contribution in [2.45, 2.75) is 25.2 Å². The number of nitrogens with zero attached hydrogens (tertiary/aromatic N) is 4. The summed E-state index contributed by atoms with van der Waals surface area (Å²) in [5, 5.41) is 3.27.